The van der Waals surface area contributed by atoms with Gasteiger partial charge in [-0.3, -0.25) is 14.9 Å². The average molecular weight is 353 g/mol. The van der Waals surface area contributed by atoms with E-state index in [-0.39, 0.29) is 22.4 Å². The van der Waals surface area contributed by atoms with E-state index in [0.29, 0.717) is 38.2 Å². The molecule has 0 spiro atoms. The summed E-state index contributed by atoms with van der Waals surface area (Å²) in [5.41, 5.74) is 3.02. The Labute approximate surface area is 153 Å². The van der Waals surface area contributed by atoms with Crippen LogP contribution in [0.2, 0.25) is 0 Å². The van der Waals surface area contributed by atoms with Gasteiger partial charge in [-0.25, -0.2) is 0 Å². The number of para-hydroxylation sites is 2. The molecule has 1 N–H and O–H groups in total. The molecule has 0 radical (unpaired) electrons. The van der Waals surface area contributed by atoms with Gasteiger partial charge in [0.2, 0.25) is 5.91 Å². The quantitative estimate of drug-likeness (QED) is 0.660. The van der Waals surface area contributed by atoms with Gasteiger partial charge in [-0.2, -0.15) is 0 Å². The number of hydrogen-bond acceptors (Lipinski definition) is 4. The molecule has 0 aliphatic carbocycles. The molecule has 2 aromatic carbocycles. The van der Waals surface area contributed by atoms with Crippen molar-refractivity contribution in [3.05, 3.63) is 69.8 Å². The number of carbonyl (C=O) groups is 1. The fraction of sp³-hybridized carbons (Fsp3) is 0.350. The minimum absolute atomic E-state index is 0.0428. The first kappa shape index (κ1) is 17.9. The predicted octanol–water partition coefficient (Wildman–Crippen LogP) is 3.44. The molecule has 6 heteroatoms. The number of aryl methyl sites for hydroxylation is 1. The molecule has 1 heterocycles. The van der Waals surface area contributed by atoms with Gasteiger partial charge >= 0.3 is 0 Å². The highest BCUT2D eigenvalue weighted by molar-refractivity contribution is 5.79. The first-order valence-electron chi connectivity index (χ1n) is 8.86. The molecule has 1 saturated heterocycles. The molecule has 1 fully saturated rings. The van der Waals surface area contributed by atoms with Gasteiger partial charge in [-0.1, -0.05) is 42.0 Å². The van der Waals surface area contributed by atoms with E-state index in [1.54, 1.807) is 12.1 Å². The van der Waals surface area contributed by atoms with Crippen molar-refractivity contribution < 1.29 is 9.72 Å². The number of hydrogen-bond donors (Lipinski definition) is 1. The van der Waals surface area contributed by atoms with Crippen LogP contribution in [0.1, 0.15) is 24.0 Å². The van der Waals surface area contributed by atoms with Gasteiger partial charge in [-0.15, -0.1) is 0 Å². The SMILES string of the molecule is Cc1cccc(CNC(=O)C2CCN(c3ccccc3[N+](=O)[O-])CC2)c1. The van der Waals surface area contributed by atoms with Crippen molar-refractivity contribution in [3.63, 3.8) is 0 Å². The van der Waals surface area contributed by atoms with Crippen molar-refractivity contribution in [2.45, 2.75) is 26.3 Å². The van der Waals surface area contributed by atoms with Gasteiger partial charge in [0.15, 0.2) is 0 Å². The molecular weight excluding hydrogens is 330 g/mol. The fourth-order valence-electron chi connectivity index (χ4n) is 3.42. The molecule has 3 rings (SSSR count). The van der Waals surface area contributed by atoms with E-state index in [1.807, 2.05) is 36.1 Å². The van der Waals surface area contributed by atoms with Crippen LogP contribution in [-0.2, 0) is 11.3 Å². The second-order valence-corrected chi connectivity index (χ2v) is 6.71. The molecule has 6 nitrogen and oxygen atoms in total. The summed E-state index contributed by atoms with van der Waals surface area (Å²) >= 11 is 0. The van der Waals surface area contributed by atoms with E-state index in [2.05, 4.69) is 11.4 Å². The average Bonchev–Trinajstić information content (AvgIpc) is 2.66. The van der Waals surface area contributed by atoms with Gasteiger partial charge in [-0.05, 0) is 31.4 Å². The van der Waals surface area contributed by atoms with Gasteiger partial charge in [0, 0.05) is 31.6 Å². The van der Waals surface area contributed by atoms with Gasteiger partial charge in [0.25, 0.3) is 5.69 Å². The molecule has 26 heavy (non-hydrogen) atoms. The van der Waals surface area contributed by atoms with Crippen LogP contribution in [0.3, 0.4) is 0 Å². The van der Waals surface area contributed by atoms with E-state index in [4.69, 9.17) is 0 Å². The van der Waals surface area contributed by atoms with Crippen LogP contribution in [0.5, 0.6) is 0 Å². The molecule has 0 atom stereocenters. The maximum absolute atomic E-state index is 12.4. The first-order chi connectivity index (χ1) is 12.5. The zero-order valence-corrected chi connectivity index (χ0v) is 14.9. The summed E-state index contributed by atoms with van der Waals surface area (Å²) in [4.78, 5) is 25.3. The Morgan fingerprint density at radius 2 is 1.92 bits per heavy atom. The lowest BCUT2D eigenvalue weighted by molar-refractivity contribution is -0.384. The molecule has 1 amide bonds. The van der Waals surface area contributed by atoms with E-state index in [1.165, 1.54) is 11.6 Å². The Morgan fingerprint density at radius 1 is 1.19 bits per heavy atom. The van der Waals surface area contributed by atoms with Crippen LogP contribution < -0.4 is 10.2 Å². The summed E-state index contributed by atoms with van der Waals surface area (Å²) in [7, 11) is 0. The van der Waals surface area contributed by atoms with Crippen molar-refractivity contribution in [1.82, 2.24) is 5.32 Å². The first-order valence-corrected chi connectivity index (χ1v) is 8.86. The summed E-state index contributed by atoms with van der Waals surface area (Å²) in [5, 5.41) is 14.2. The Kier molecular flexibility index (Phi) is 5.51. The number of nitrogens with zero attached hydrogens (tertiary/aromatic N) is 2. The molecule has 0 bridgehead atoms. The van der Waals surface area contributed by atoms with Crippen molar-refractivity contribution in [1.29, 1.82) is 0 Å². The number of nitrogens with one attached hydrogen (secondary N) is 1. The number of amides is 1. The maximum Gasteiger partial charge on any atom is 0.292 e. The van der Waals surface area contributed by atoms with E-state index in [0.717, 1.165) is 5.56 Å². The summed E-state index contributed by atoms with van der Waals surface area (Å²) in [6.45, 7) is 3.86. The van der Waals surface area contributed by atoms with Crippen LogP contribution >= 0.6 is 0 Å². The van der Waals surface area contributed by atoms with Crippen LogP contribution in [0.25, 0.3) is 0 Å². The highest BCUT2D eigenvalue weighted by Crippen LogP contribution is 2.31. The van der Waals surface area contributed by atoms with Gasteiger partial charge in [0.1, 0.15) is 5.69 Å². The second kappa shape index (κ2) is 7.99. The summed E-state index contributed by atoms with van der Waals surface area (Å²) < 4.78 is 0. The predicted molar refractivity (Wildman–Crippen MR) is 101 cm³/mol. The Bertz CT molecular complexity index is 798. The zero-order chi connectivity index (χ0) is 18.5. The molecule has 0 saturated carbocycles. The summed E-state index contributed by atoms with van der Waals surface area (Å²) in [5.74, 6) is 0.0209. The maximum atomic E-state index is 12.4. The van der Waals surface area contributed by atoms with Crippen LogP contribution in [0, 0.1) is 23.0 Å². The summed E-state index contributed by atoms with van der Waals surface area (Å²) in [6, 6.07) is 14.9. The molecule has 136 valence electrons. The minimum atomic E-state index is -0.351. The summed E-state index contributed by atoms with van der Waals surface area (Å²) in [6.07, 6.45) is 1.40. The van der Waals surface area contributed by atoms with Crippen molar-refractivity contribution in [2.24, 2.45) is 5.92 Å². The topological polar surface area (TPSA) is 75.5 Å². The second-order valence-electron chi connectivity index (χ2n) is 6.71. The number of nitro benzene ring substituents is 1. The monoisotopic (exact) mass is 353 g/mol. The Hall–Kier alpha value is -2.89. The van der Waals surface area contributed by atoms with E-state index in [9.17, 15) is 14.9 Å². The smallest absolute Gasteiger partial charge is 0.292 e. The number of benzene rings is 2. The molecule has 1 aliphatic heterocycles. The van der Waals surface area contributed by atoms with Crippen molar-refractivity contribution in [3.8, 4) is 0 Å². The fourth-order valence-corrected chi connectivity index (χ4v) is 3.42. The highest BCUT2D eigenvalue weighted by Gasteiger charge is 2.27. The molecule has 1 aliphatic rings. The van der Waals surface area contributed by atoms with E-state index >= 15 is 0 Å². The van der Waals surface area contributed by atoms with Crippen molar-refractivity contribution in [2.75, 3.05) is 18.0 Å². The zero-order valence-electron chi connectivity index (χ0n) is 14.9. The molecular formula is C20H23N3O3. The number of nitro groups is 1. The van der Waals surface area contributed by atoms with Crippen molar-refractivity contribution >= 4 is 17.3 Å². The molecule has 0 aromatic heterocycles. The molecule has 0 unspecified atom stereocenters. The molecule has 2 aromatic rings. The third kappa shape index (κ3) is 4.20. The third-order valence-electron chi connectivity index (χ3n) is 4.83. The lowest BCUT2D eigenvalue weighted by atomic mass is 9.95. The normalized spacial score (nSPS) is 14.9. The number of piperidine rings is 1. The Balaban J connectivity index is 1.55. The number of rotatable bonds is 5. The lowest BCUT2D eigenvalue weighted by Gasteiger charge is -2.32. The third-order valence-corrected chi connectivity index (χ3v) is 4.83. The van der Waals surface area contributed by atoms with Crippen LogP contribution in [-0.4, -0.2) is 23.9 Å². The van der Waals surface area contributed by atoms with E-state index < -0.39 is 0 Å². The highest BCUT2D eigenvalue weighted by atomic mass is 16.6. The van der Waals surface area contributed by atoms with Crippen LogP contribution in [0.15, 0.2) is 48.5 Å². The van der Waals surface area contributed by atoms with Gasteiger partial charge < -0.3 is 10.2 Å². The lowest BCUT2D eigenvalue weighted by Crippen LogP contribution is -2.40. The Morgan fingerprint density at radius 3 is 2.62 bits per heavy atom. The standard InChI is InChI=1S/C20H23N3O3/c1-15-5-4-6-16(13-15)14-21-20(24)17-9-11-22(12-10-17)18-7-2-3-8-19(18)23(25)26/h2-8,13,17H,9-12,14H2,1H3,(H,21,24). The van der Waals surface area contributed by atoms with Crippen LogP contribution in [0.4, 0.5) is 11.4 Å². The number of anilines is 1. The van der Waals surface area contributed by atoms with Gasteiger partial charge in [0.05, 0.1) is 4.92 Å². The largest absolute Gasteiger partial charge is 0.366 e. The minimum Gasteiger partial charge on any atom is -0.366 e. The number of carbonyl (C=O) groups excluding carboxylic acids is 1.